The Morgan fingerprint density at radius 2 is 0.925 bits per heavy atom. The Balaban J connectivity index is 3.60. The molecule has 0 aromatic carbocycles. The van der Waals surface area contributed by atoms with Crippen LogP contribution in [0.3, 0.4) is 0 Å². The van der Waals surface area contributed by atoms with Crippen LogP contribution in [0, 0.1) is 0 Å². The van der Waals surface area contributed by atoms with Gasteiger partial charge in [0.05, 0.1) is 18.8 Å². The summed E-state index contributed by atoms with van der Waals surface area (Å²) in [5.74, 6) is -0.0634. The second-order valence-corrected chi connectivity index (χ2v) is 12.3. The molecule has 4 heteroatoms. The molecule has 0 saturated carbocycles. The molecule has 238 valence electrons. The number of nitrogens with one attached hydrogen (secondary N) is 1. The highest BCUT2D eigenvalue weighted by Gasteiger charge is 2.17. The van der Waals surface area contributed by atoms with Crippen LogP contribution in [-0.2, 0) is 4.79 Å². The van der Waals surface area contributed by atoms with Crippen molar-refractivity contribution in [2.75, 3.05) is 6.61 Å². The van der Waals surface area contributed by atoms with Gasteiger partial charge in [-0.25, -0.2) is 0 Å². The van der Waals surface area contributed by atoms with Gasteiger partial charge in [-0.3, -0.25) is 4.79 Å². The lowest BCUT2D eigenvalue weighted by atomic mass is 10.0. The third kappa shape index (κ3) is 28.7. The highest BCUT2D eigenvalue weighted by atomic mass is 16.3. The fraction of sp³-hybridized carbons (Fsp3) is 0.917. The number of hydrogen-bond donors (Lipinski definition) is 3. The van der Waals surface area contributed by atoms with Crippen LogP contribution in [0.4, 0.5) is 0 Å². The van der Waals surface area contributed by atoms with Crippen molar-refractivity contribution in [2.45, 2.75) is 206 Å². The number of rotatable bonds is 32. The molecule has 2 atom stereocenters. The quantitative estimate of drug-likeness (QED) is 0.0561. The summed E-state index contributed by atoms with van der Waals surface area (Å²) in [7, 11) is 0. The first kappa shape index (κ1) is 39.1. The summed E-state index contributed by atoms with van der Waals surface area (Å²) < 4.78 is 0. The average molecular weight is 566 g/mol. The Hall–Kier alpha value is -0.870. The standard InChI is InChI=1S/C36H71NO3/c1-3-5-7-9-11-13-15-17-18-20-22-24-26-28-30-32-36(40)37-34(33-38)35(39)31-29-27-25-23-21-19-16-14-12-10-8-6-4-2/h29,31,34-35,38-39H,3-28,30,32-33H2,1-2H3,(H,37,40)/b31-29+/t34-,35?/m0/s1. The van der Waals surface area contributed by atoms with Crippen LogP contribution in [0.2, 0.25) is 0 Å². The number of aliphatic hydroxyl groups excluding tert-OH is 2. The lowest BCUT2D eigenvalue weighted by molar-refractivity contribution is -0.123. The van der Waals surface area contributed by atoms with Gasteiger partial charge in [0.2, 0.25) is 5.91 Å². The molecule has 0 aromatic heterocycles. The molecule has 0 aliphatic rings. The number of aliphatic hydroxyl groups is 2. The third-order valence-electron chi connectivity index (χ3n) is 8.27. The van der Waals surface area contributed by atoms with Gasteiger partial charge in [-0.2, -0.15) is 0 Å². The second-order valence-electron chi connectivity index (χ2n) is 12.3. The minimum atomic E-state index is -0.831. The van der Waals surface area contributed by atoms with Gasteiger partial charge in [0, 0.05) is 6.42 Å². The van der Waals surface area contributed by atoms with Crippen LogP contribution in [-0.4, -0.2) is 34.9 Å². The molecule has 0 fully saturated rings. The van der Waals surface area contributed by atoms with Crippen LogP contribution in [0.5, 0.6) is 0 Å². The van der Waals surface area contributed by atoms with E-state index in [1.54, 1.807) is 6.08 Å². The Bertz CT molecular complexity index is 536. The Labute approximate surface area is 250 Å². The van der Waals surface area contributed by atoms with E-state index in [-0.39, 0.29) is 12.5 Å². The summed E-state index contributed by atoms with van der Waals surface area (Å²) in [5, 5.41) is 22.8. The van der Waals surface area contributed by atoms with Gasteiger partial charge in [-0.05, 0) is 19.3 Å². The number of hydrogen-bond acceptors (Lipinski definition) is 3. The van der Waals surface area contributed by atoms with Crippen LogP contribution < -0.4 is 5.32 Å². The van der Waals surface area contributed by atoms with Crippen molar-refractivity contribution < 1.29 is 15.0 Å². The van der Waals surface area contributed by atoms with Gasteiger partial charge >= 0.3 is 0 Å². The molecule has 0 spiro atoms. The topological polar surface area (TPSA) is 69.6 Å². The summed E-state index contributed by atoms with van der Waals surface area (Å²) in [6.45, 7) is 4.30. The summed E-state index contributed by atoms with van der Waals surface area (Å²) in [6, 6.07) is -0.614. The smallest absolute Gasteiger partial charge is 0.220 e. The highest BCUT2D eigenvalue weighted by Crippen LogP contribution is 2.14. The van der Waals surface area contributed by atoms with Crippen molar-refractivity contribution in [1.29, 1.82) is 0 Å². The van der Waals surface area contributed by atoms with Crippen molar-refractivity contribution in [3.8, 4) is 0 Å². The Morgan fingerprint density at radius 3 is 1.30 bits per heavy atom. The minimum absolute atomic E-state index is 0.0634. The summed E-state index contributed by atoms with van der Waals surface area (Å²) in [6.07, 6.45) is 38.6. The van der Waals surface area contributed by atoms with E-state index in [1.807, 2.05) is 6.08 Å². The van der Waals surface area contributed by atoms with E-state index in [4.69, 9.17) is 0 Å². The fourth-order valence-corrected chi connectivity index (χ4v) is 5.47. The molecule has 40 heavy (non-hydrogen) atoms. The summed E-state index contributed by atoms with van der Waals surface area (Å²) in [5.41, 5.74) is 0. The monoisotopic (exact) mass is 566 g/mol. The molecule has 1 unspecified atom stereocenters. The van der Waals surface area contributed by atoms with E-state index in [1.165, 1.54) is 148 Å². The number of carbonyl (C=O) groups excluding carboxylic acids is 1. The molecule has 0 aromatic rings. The van der Waals surface area contributed by atoms with Crippen molar-refractivity contribution in [2.24, 2.45) is 0 Å². The maximum Gasteiger partial charge on any atom is 0.220 e. The van der Waals surface area contributed by atoms with E-state index >= 15 is 0 Å². The molecule has 0 heterocycles. The minimum Gasteiger partial charge on any atom is -0.394 e. The molecule has 0 saturated heterocycles. The number of carbonyl (C=O) groups is 1. The molecule has 4 nitrogen and oxygen atoms in total. The number of allylic oxidation sites excluding steroid dienone is 1. The first-order valence-electron chi connectivity index (χ1n) is 17.9. The Kier molecular flexibility index (Phi) is 31.9. The van der Waals surface area contributed by atoms with Crippen molar-refractivity contribution in [3.63, 3.8) is 0 Å². The van der Waals surface area contributed by atoms with Gasteiger partial charge in [0.1, 0.15) is 0 Å². The normalized spacial score (nSPS) is 13.2. The SMILES string of the molecule is CCCCCCCCCCCCC/C=C/C(O)[C@H](CO)NC(=O)CCCCCCCCCCCCCCCCC. The van der Waals surface area contributed by atoms with Crippen LogP contribution in [0.1, 0.15) is 194 Å². The maximum atomic E-state index is 12.3. The van der Waals surface area contributed by atoms with Gasteiger partial charge < -0.3 is 15.5 Å². The molecule has 3 N–H and O–H groups in total. The van der Waals surface area contributed by atoms with E-state index in [0.717, 1.165) is 25.7 Å². The predicted molar refractivity (Wildman–Crippen MR) is 175 cm³/mol. The van der Waals surface area contributed by atoms with Gasteiger partial charge in [0.25, 0.3) is 0 Å². The van der Waals surface area contributed by atoms with E-state index in [0.29, 0.717) is 6.42 Å². The zero-order chi connectivity index (χ0) is 29.4. The zero-order valence-corrected chi connectivity index (χ0v) is 27.1. The third-order valence-corrected chi connectivity index (χ3v) is 8.27. The van der Waals surface area contributed by atoms with E-state index < -0.39 is 12.1 Å². The molecule has 0 aliphatic heterocycles. The van der Waals surface area contributed by atoms with Crippen molar-refractivity contribution in [1.82, 2.24) is 5.32 Å². The fourth-order valence-electron chi connectivity index (χ4n) is 5.47. The Morgan fingerprint density at radius 1 is 0.575 bits per heavy atom. The largest absolute Gasteiger partial charge is 0.394 e. The van der Waals surface area contributed by atoms with Crippen LogP contribution >= 0.6 is 0 Å². The van der Waals surface area contributed by atoms with Gasteiger partial charge in [-0.15, -0.1) is 0 Å². The van der Waals surface area contributed by atoms with Crippen LogP contribution in [0.25, 0.3) is 0 Å². The van der Waals surface area contributed by atoms with Gasteiger partial charge in [0.15, 0.2) is 0 Å². The molecular formula is C36H71NO3. The molecule has 0 radical (unpaired) electrons. The first-order valence-corrected chi connectivity index (χ1v) is 17.9. The number of unbranched alkanes of at least 4 members (excludes halogenated alkanes) is 25. The van der Waals surface area contributed by atoms with Crippen molar-refractivity contribution >= 4 is 5.91 Å². The van der Waals surface area contributed by atoms with Crippen LogP contribution in [0.15, 0.2) is 12.2 Å². The molecule has 0 aliphatic carbocycles. The number of amides is 1. The summed E-state index contributed by atoms with van der Waals surface area (Å²) in [4.78, 5) is 12.3. The summed E-state index contributed by atoms with van der Waals surface area (Å²) >= 11 is 0. The first-order chi connectivity index (χ1) is 19.7. The molecule has 1 amide bonds. The predicted octanol–water partition coefficient (Wildman–Crippen LogP) is 10.3. The zero-order valence-electron chi connectivity index (χ0n) is 27.1. The van der Waals surface area contributed by atoms with E-state index in [2.05, 4.69) is 19.2 Å². The lowest BCUT2D eigenvalue weighted by Crippen LogP contribution is -2.45. The van der Waals surface area contributed by atoms with E-state index in [9.17, 15) is 15.0 Å². The highest BCUT2D eigenvalue weighted by molar-refractivity contribution is 5.76. The van der Waals surface area contributed by atoms with Crippen molar-refractivity contribution in [3.05, 3.63) is 12.2 Å². The average Bonchev–Trinajstić information content (AvgIpc) is 2.96. The van der Waals surface area contributed by atoms with Gasteiger partial charge in [-0.1, -0.05) is 180 Å². The lowest BCUT2D eigenvalue weighted by Gasteiger charge is -2.20. The maximum absolute atomic E-state index is 12.3. The molecule has 0 rings (SSSR count). The molecule has 0 bridgehead atoms. The second kappa shape index (κ2) is 32.6. The molecular weight excluding hydrogens is 494 g/mol.